The molecule has 2 N–H and O–H groups in total. The highest BCUT2D eigenvalue weighted by atomic mass is 16.5. The lowest BCUT2D eigenvalue weighted by Crippen LogP contribution is -2.13. The number of unbranched alkanes of at least 4 members (excludes halogenated alkanes) is 11. The van der Waals surface area contributed by atoms with Crippen molar-refractivity contribution in [3.05, 3.63) is 34.9 Å². The average molecular weight is 407 g/mol. The van der Waals surface area contributed by atoms with Gasteiger partial charge in [0.2, 0.25) is 0 Å². The third-order valence-electron chi connectivity index (χ3n) is 4.95. The van der Waals surface area contributed by atoms with E-state index >= 15 is 0 Å². The van der Waals surface area contributed by atoms with E-state index in [4.69, 9.17) is 9.84 Å². The fourth-order valence-corrected chi connectivity index (χ4v) is 3.22. The maximum atomic E-state index is 12.1. The molecule has 0 heterocycles. The molecule has 0 spiro atoms. The van der Waals surface area contributed by atoms with Gasteiger partial charge in [-0.05, 0) is 24.6 Å². The minimum absolute atomic E-state index is 0.124. The summed E-state index contributed by atoms with van der Waals surface area (Å²) in [4.78, 5) is 34.4. The zero-order valence-corrected chi connectivity index (χ0v) is 17.5. The number of aromatic carboxylic acids is 2. The number of esters is 1. The number of benzene rings is 1. The van der Waals surface area contributed by atoms with Gasteiger partial charge in [0.25, 0.3) is 0 Å². The second-order valence-electron chi connectivity index (χ2n) is 7.40. The maximum Gasteiger partial charge on any atom is 0.339 e. The quantitative estimate of drug-likeness (QED) is 0.260. The summed E-state index contributed by atoms with van der Waals surface area (Å²) in [5.41, 5.74) is -0.661. The number of ether oxygens (including phenoxy) is 1. The van der Waals surface area contributed by atoms with Crippen molar-refractivity contribution in [2.45, 2.75) is 84.0 Å². The lowest BCUT2D eigenvalue weighted by Gasteiger charge is -2.08. The van der Waals surface area contributed by atoms with E-state index in [9.17, 15) is 19.5 Å². The zero-order valence-electron chi connectivity index (χ0n) is 17.5. The molecule has 0 atom stereocenters. The second kappa shape index (κ2) is 14.6. The van der Waals surface area contributed by atoms with Crippen molar-refractivity contribution in [1.29, 1.82) is 0 Å². The number of carboxylic acids is 2. The van der Waals surface area contributed by atoms with Gasteiger partial charge >= 0.3 is 17.9 Å². The van der Waals surface area contributed by atoms with Crippen LogP contribution < -0.4 is 0 Å². The third kappa shape index (κ3) is 10.1. The summed E-state index contributed by atoms with van der Waals surface area (Å²) in [5.74, 6) is -3.34. The van der Waals surface area contributed by atoms with Crippen LogP contribution in [0.2, 0.25) is 0 Å². The molecule has 0 saturated carbocycles. The molecule has 6 heteroatoms. The van der Waals surface area contributed by atoms with Crippen LogP contribution >= 0.6 is 0 Å². The molecule has 6 nitrogen and oxygen atoms in total. The molecule has 0 unspecified atom stereocenters. The summed E-state index contributed by atoms with van der Waals surface area (Å²) >= 11 is 0. The Morgan fingerprint density at radius 2 is 1.24 bits per heavy atom. The summed E-state index contributed by atoms with van der Waals surface area (Å²) in [6.45, 7) is 2.46. The van der Waals surface area contributed by atoms with Gasteiger partial charge in [-0.15, -0.1) is 0 Å². The summed E-state index contributed by atoms with van der Waals surface area (Å²) in [7, 11) is 0. The molecule has 0 amide bonds. The van der Waals surface area contributed by atoms with Crippen LogP contribution in [-0.2, 0) is 4.74 Å². The summed E-state index contributed by atoms with van der Waals surface area (Å²) < 4.78 is 5.16. The summed E-state index contributed by atoms with van der Waals surface area (Å²) in [5, 5.41) is 18.2. The highest BCUT2D eigenvalue weighted by Gasteiger charge is 2.20. The van der Waals surface area contributed by atoms with Gasteiger partial charge in [0.1, 0.15) is 0 Å². The Balaban J connectivity index is 2.18. The summed E-state index contributed by atoms with van der Waals surface area (Å²) in [6, 6.07) is 3.37. The Bertz CT molecular complexity index is 653. The van der Waals surface area contributed by atoms with E-state index in [-0.39, 0.29) is 23.3 Å². The monoisotopic (exact) mass is 406 g/mol. The van der Waals surface area contributed by atoms with Gasteiger partial charge in [0, 0.05) is 0 Å². The standard InChI is InChI=1S/C23H34O6/c1-2-3-4-5-6-7-8-9-10-11-12-13-16-29-23(28)19-15-14-18(21(24)25)17-20(19)22(26)27/h14-15,17H,2-13,16H2,1H3,(H,24,25)(H,26,27). The average Bonchev–Trinajstić information content (AvgIpc) is 2.70. The van der Waals surface area contributed by atoms with Crippen LogP contribution in [-0.4, -0.2) is 34.7 Å². The highest BCUT2D eigenvalue weighted by molar-refractivity contribution is 6.04. The predicted octanol–water partition coefficient (Wildman–Crippen LogP) is 5.94. The molecule has 0 saturated heterocycles. The molecule has 162 valence electrons. The van der Waals surface area contributed by atoms with Crippen molar-refractivity contribution in [2.24, 2.45) is 0 Å². The predicted molar refractivity (Wildman–Crippen MR) is 112 cm³/mol. The lowest BCUT2D eigenvalue weighted by molar-refractivity contribution is 0.0486. The molecule has 0 aliphatic rings. The summed E-state index contributed by atoms with van der Waals surface area (Å²) in [6.07, 6.45) is 14.5. The molecular formula is C23H34O6. The number of carbonyl (C=O) groups excluding carboxylic acids is 1. The number of hydrogen-bond acceptors (Lipinski definition) is 4. The molecule has 1 aromatic rings. The Morgan fingerprint density at radius 3 is 1.72 bits per heavy atom. The minimum Gasteiger partial charge on any atom is -0.478 e. The van der Waals surface area contributed by atoms with Gasteiger partial charge in [0.15, 0.2) is 0 Å². The van der Waals surface area contributed by atoms with Crippen molar-refractivity contribution >= 4 is 17.9 Å². The minimum atomic E-state index is -1.36. The Morgan fingerprint density at radius 1 is 0.724 bits per heavy atom. The molecule has 0 fully saturated rings. The zero-order chi connectivity index (χ0) is 21.5. The number of hydrogen-bond donors (Lipinski definition) is 2. The second-order valence-corrected chi connectivity index (χ2v) is 7.40. The van der Waals surface area contributed by atoms with Crippen LogP contribution in [0.3, 0.4) is 0 Å². The van der Waals surface area contributed by atoms with Crippen LogP contribution in [0, 0.1) is 0 Å². The first-order valence-electron chi connectivity index (χ1n) is 10.7. The van der Waals surface area contributed by atoms with Gasteiger partial charge in [-0.1, -0.05) is 77.6 Å². The van der Waals surface area contributed by atoms with Crippen LogP contribution in [0.15, 0.2) is 18.2 Å². The Kier molecular flexibility index (Phi) is 12.4. The lowest BCUT2D eigenvalue weighted by atomic mass is 10.0. The molecule has 1 aromatic carbocycles. The van der Waals surface area contributed by atoms with Gasteiger partial charge in [-0.3, -0.25) is 0 Å². The number of carbonyl (C=O) groups is 3. The fraction of sp³-hybridized carbons (Fsp3) is 0.609. The van der Waals surface area contributed by atoms with E-state index < -0.39 is 17.9 Å². The van der Waals surface area contributed by atoms with Gasteiger partial charge in [-0.25, -0.2) is 14.4 Å². The Hall–Kier alpha value is -2.37. The maximum absolute atomic E-state index is 12.1. The number of rotatable bonds is 16. The van der Waals surface area contributed by atoms with E-state index in [0.29, 0.717) is 0 Å². The smallest absolute Gasteiger partial charge is 0.339 e. The Labute approximate surface area is 173 Å². The fourth-order valence-electron chi connectivity index (χ4n) is 3.22. The van der Waals surface area contributed by atoms with Gasteiger partial charge in [-0.2, -0.15) is 0 Å². The van der Waals surface area contributed by atoms with Crippen molar-refractivity contribution in [1.82, 2.24) is 0 Å². The van der Waals surface area contributed by atoms with Crippen LogP contribution in [0.1, 0.15) is 115 Å². The van der Waals surface area contributed by atoms with Crippen LogP contribution in [0.5, 0.6) is 0 Å². The number of carboxylic acid groups (broad SMARTS) is 2. The van der Waals surface area contributed by atoms with Gasteiger partial charge < -0.3 is 14.9 Å². The first-order chi connectivity index (χ1) is 14.0. The van der Waals surface area contributed by atoms with Crippen molar-refractivity contribution in [2.75, 3.05) is 6.61 Å². The van der Waals surface area contributed by atoms with E-state index in [1.165, 1.54) is 69.9 Å². The molecule has 0 radical (unpaired) electrons. The van der Waals surface area contributed by atoms with Crippen LogP contribution in [0.4, 0.5) is 0 Å². The van der Waals surface area contributed by atoms with E-state index in [1.54, 1.807) is 0 Å². The first kappa shape index (κ1) is 24.7. The van der Waals surface area contributed by atoms with E-state index in [0.717, 1.165) is 25.3 Å². The van der Waals surface area contributed by atoms with Crippen molar-refractivity contribution in [3.63, 3.8) is 0 Å². The highest BCUT2D eigenvalue weighted by Crippen LogP contribution is 2.15. The normalized spacial score (nSPS) is 10.7. The van der Waals surface area contributed by atoms with E-state index in [1.807, 2.05) is 0 Å². The van der Waals surface area contributed by atoms with Crippen molar-refractivity contribution < 1.29 is 29.3 Å². The molecular weight excluding hydrogens is 372 g/mol. The molecule has 0 aliphatic heterocycles. The van der Waals surface area contributed by atoms with Crippen LogP contribution in [0.25, 0.3) is 0 Å². The molecule has 1 rings (SSSR count). The molecule has 0 aliphatic carbocycles. The topological polar surface area (TPSA) is 101 Å². The van der Waals surface area contributed by atoms with Crippen molar-refractivity contribution in [3.8, 4) is 0 Å². The van der Waals surface area contributed by atoms with E-state index in [2.05, 4.69) is 6.92 Å². The largest absolute Gasteiger partial charge is 0.478 e. The first-order valence-corrected chi connectivity index (χ1v) is 10.7. The molecule has 0 aromatic heterocycles. The van der Waals surface area contributed by atoms with Gasteiger partial charge in [0.05, 0.1) is 23.3 Å². The molecule has 0 bridgehead atoms. The molecule has 29 heavy (non-hydrogen) atoms. The SMILES string of the molecule is CCCCCCCCCCCCCCOC(=O)c1ccc(C(=O)O)cc1C(=O)O. The third-order valence-corrected chi connectivity index (χ3v) is 4.95.